The molecule has 0 aromatic carbocycles. The summed E-state index contributed by atoms with van der Waals surface area (Å²) >= 11 is 0. The number of fused-ring (bicyclic) bond motifs is 1. The molecule has 0 aliphatic heterocycles. The van der Waals surface area contributed by atoms with Crippen LogP contribution >= 0.6 is 0 Å². The third-order valence-electron chi connectivity index (χ3n) is 12.6. The predicted octanol–water partition coefficient (Wildman–Crippen LogP) is 12.3. The molecule has 0 amide bonds. The normalized spacial score (nSPS) is 28.1. The topological polar surface area (TPSA) is 54.0 Å². The monoisotopic (exact) mass is 729 g/mol. The molecule has 5 nitrogen and oxygen atoms in total. The molecule has 5 atom stereocenters. The van der Waals surface area contributed by atoms with Crippen molar-refractivity contribution in [3.05, 3.63) is 47.1 Å². The van der Waals surface area contributed by atoms with Gasteiger partial charge in [-0.3, -0.25) is 0 Å². The van der Waals surface area contributed by atoms with Crippen molar-refractivity contribution < 1.29 is 23.1 Å². The number of esters is 1. The van der Waals surface area contributed by atoms with Crippen LogP contribution in [-0.4, -0.2) is 53.1 Å². The average molecular weight is 729 g/mol. The molecule has 0 aromatic rings. The molecule has 3 aliphatic carbocycles. The van der Waals surface area contributed by atoms with Gasteiger partial charge >= 0.3 is 5.97 Å². The molecule has 0 saturated heterocycles. The first-order valence-electron chi connectivity index (χ1n) is 19.5. The van der Waals surface area contributed by atoms with Crippen LogP contribution in [0.1, 0.15) is 135 Å². The summed E-state index contributed by atoms with van der Waals surface area (Å²) in [6.45, 7) is 42.9. The SMILES string of the molecule is C=C1C(=CC=C2CCC[C@]3(C)C([C@H](C)OCC(=O)OC(C)(C)CC(C)(C)C)=CC[C@@H]23)C[C@@H](O[Si](C)(C)C(C)(C)C)C[C@@H]1O[Si](C)(C)C(C)(C)C. The maximum atomic E-state index is 12.8. The highest BCUT2D eigenvalue weighted by Crippen LogP contribution is 2.56. The Balaban J connectivity index is 1.80. The van der Waals surface area contributed by atoms with Gasteiger partial charge in [0.1, 0.15) is 12.2 Å². The summed E-state index contributed by atoms with van der Waals surface area (Å²) in [4.78, 5) is 12.8. The number of carbonyl (C=O) groups is 1. The number of hydrogen-bond acceptors (Lipinski definition) is 5. The van der Waals surface area contributed by atoms with Gasteiger partial charge in [0.15, 0.2) is 16.6 Å². The molecular weight excluding hydrogens is 653 g/mol. The lowest BCUT2D eigenvalue weighted by Crippen LogP contribution is -2.49. The summed E-state index contributed by atoms with van der Waals surface area (Å²) in [6.07, 6.45) is 14.1. The summed E-state index contributed by atoms with van der Waals surface area (Å²) in [5, 5.41) is 0.267. The summed E-state index contributed by atoms with van der Waals surface area (Å²) in [6, 6.07) is 0. The van der Waals surface area contributed by atoms with E-state index in [0.29, 0.717) is 5.92 Å². The Morgan fingerprint density at radius 3 is 2.10 bits per heavy atom. The van der Waals surface area contributed by atoms with Gasteiger partial charge < -0.3 is 18.3 Å². The standard InChI is InChI=1S/C43H76O5Si2/c1-30-33(26-34(47-49(15,16)40(6,7)8)27-37(30)48-50(17,18)41(9,10)11)22-21-32-20-19-25-43(14)35(23-24-36(32)43)31(2)45-28-38(44)46-42(12,13)29-39(3,4)5/h21-23,31,34,36-37H,1,19-20,24-29H2,2-18H3/t31-,34+,36-,37-,43+/m0/s1. The molecule has 3 rings (SSSR count). The maximum absolute atomic E-state index is 12.8. The highest BCUT2D eigenvalue weighted by atomic mass is 28.4. The van der Waals surface area contributed by atoms with Crippen molar-refractivity contribution in [3.8, 4) is 0 Å². The minimum absolute atomic E-state index is 0.0168. The Morgan fingerprint density at radius 2 is 1.54 bits per heavy atom. The van der Waals surface area contributed by atoms with Crippen LogP contribution in [0.15, 0.2) is 47.1 Å². The zero-order valence-corrected chi connectivity index (χ0v) is 37.4. The first-order valence-corrected chi connectivity index (χ1v) is 25.3. The second-order valence-corrected chi connectivity index (χ2v) is 30.4. The summed E-state index contributed by atoms with van der Waals surface area (Å²) in [5.41, 5.74) is 4.81. The van der Waals surface area contributed by atoms with E-state index < -0.39 is 22.2 Å². The third kappa shape index (κ3) is 10.7. The summed E-state index contributed by atoms with van der Waals surface area (Å²) in [7, 11) is -3.99. The minimum atomic E-state index is -2.02. The fourth-order valence-corrected chi connectivity index (χ4v) is 10.9. The average Bonchev–Trinajstić information content (AvgIpc) is 3.27. The van der Waals surface area contributed by atoms with Gasteiger partial charge in [0.25, 0.3) is 0 Å². The molecule has 0 bridgehead atoms. The van der Waals surface area contributed by atoms with E-state index in [1.165, 1.54) is 16.7 Å². The first-order chi connectivity index (χ1) is 22.5. The van der Waals surface area contributed by atoms with Crippen LogP contribution in [0.25, 0.3) is 0 Å². The fourth-order valence-electron chi connectivity index (χ4n) is 8.18. The number of ether oxygens (including phenoxy) is 2. The molecule has 2 saturated carbocycles. The van der Waals surface area contributed by atoms with Gasteiger partial charge in [-0.2, -0.15) is 0 Å². The Morgan fingerprint density at radius 1 is 0.960 bits per heavy atom. The van der Waals surface area contributed by atoms with Crippen LogP contribution in [-0.2, 0) is 23.1 Å². The molecule has 0 N–H and O–H groups in total. The van der Waals surface area contributed by atoms with Crippen LogP contribution in [0.3, 0.4) is 0 Å². The molecule has 0 aromatic heterocycles. The molecule has 2 fully saturated rings. The number of rotatable bonds is 11. The molecule has 7 heteroatoms. The van der Waals surface area contributed by atoms with Crippen LogP contribution in [0, 0.1) is 16.7 Å². The highest BCUT2D eigenvalue weighted by molar-refractivity contribution is 6.74. The highest BCUT2D eigenvalue weighted by Gasteiger charge is 2.47. The van der Waals surface area contributed by atoms with E-state index in [0.717, 1.165) is 50.5 Å². The van der Waals surface area contributed by atoms with Gasteiger partial charge in [-0.25, -0.2) is 4.79 Å². The number of hydrogen-bond donors (Lipinski definition) is 0. The number of carbonyl (C=O) groups excluding carboxylic acids is 1. The van der Waals surface area contributed by atoms with Crippen molar-refractivity contribution in [2.45, 2.75) is 195 Å². The van der Waals surface area contributed by atoms with Crippen LogP contribution in [0.2, 0.25) is 36.3 Å². The molecule has 3 aliphatic rings. The Kier molecular flexibility index (Phi) is 13.1. The lowest BCUT2D eigenvalue weighted by atomic mass is 9.63. The smallest absolute Gasteiger partial charge is 0.332 e. The summed E-state index contributed by atoms with van der Waals surface area (Å²) < 4.78 is 26.2. The van der Waals surface area contributed by atoms with Crippen molar-refractivity contribution in [1.29, 1.82) is 0 Å². The zero-order valence-electron chi connectivity index (χ0n) is 35.4. The lowest BCUT2D eigenvalue weighted by Gasteiger charge is -2.45. The van der Waals surface area contributed by atoms with Crippen molar-refractivity contribution in [2.24, 2.45) is 16.7 Å². The molecule has 286 valence electrons. The maximum Gasteiger partial charge on any atom is 0.332 e. The van der Waals surface area contributed by atoms with Crippen molar-refractivity contribution >= 4 is 22.6 Å². The second kappa shape index (κ2) is 15.2. The lowest BCUT2D eigenvalue weighted by molar-refractivity contribution is -0.165. The van der Waals surface area contributed by atoms with Crippen LogP contribution < -0.4 is 0 Å². The quantitative estimate of drug-likeness (QED) is 0.120. The zero-order chi connectivity index (χ0) is 38.3. The third-order valence-corrected chi connectivity index (χ3v) is 21.6. The number of allylic oxidation sites excluding steroid dienone is 4. The molecule has 50 heavy (non-hydrogen) atoms. The van der Waals surface area contributed by atoms with Crippen molar-refractivity contribution in [2.75, 3.05) is 6.61 Å². The first kappa shape index (κ1) is 43.2. The second-order valence-electron chi connectivity index (χ2n) is 20.9. The van der Waals surface area contributed by atoms with E-state index in [9.17, 15) is 4.79 Å². The van der Waals surface area contributed by atoms with Gasteiger partial charge in [-0.1, -0.05) is 99.6 Å². The molecular formula is C43H76O5Si2. The summed E-state index contributed by atoms with van der Waals surface area (Å²) in [5.74, 6) is 0.142. The van der Waals surface area contributed by atoms with Gasteiger partial charge in [0.2, 0.25) is 0 Å². The van der Waals surface area contributed by atoms with E-state index in [-0.39, 0.29) is 51.8 Å². The van der Waals surface area contributed by atoms with E-state index in [1.807, 2.05) is 13.8 Å². The van der Waals surface area contributed by atoms with E-state index in [1.54, 1.807) is 0 Å². The van der Waals surface area contributed by atoms with Gasteiger partial charge in [0, 0.05) is 6.42 Å². The van der Waals surface area contributed by atoms with E-state index >= 15 is 0 Å². The van der Waals surface area contributed by atoms with Gasteiger partial charge in [-0.15, -0.1) is 0 Å². The van der Waals surface area contributed by atoms with Crippen molar-refractivity contribution in [1.82, 2.24) is 0 Å². The largest absolute Gasteiger partial charge is 0.458 e. The van der Waals surface area contributed by atoms with Crippen LogP contribution in [0.4, 0.5) is 0 Å². The fraction of sp³-hybridized carbons (Fsp3) is 0.791. The minimum Gasteiger partial charge on any atom is -0.458 e. The van der Waals surface area contributed by atoms with E-state index in [4.69, 9.17) is 18.3 Å². The molecule has 0 radical (unpaired) electrons. The Labute approximate surface area is 310 Å². The van der Waals surface area contributed by atoms with Crippen LogP contribution in [0.5, 0.6) is 0 Å². The van der Waals surface area contributed by atoms with Gasteiger partial charge in [-0.05, 0) is 129 Å². The van der Waals surface area contributed by atoms with Gasteiger partial charge in [0.05, 0.1) is 18.3 Å². The van der Waals surface area contributed by atoms with Crippen molar-refractivity contribution in [3.63, 3.8) is 0 Å². The Bertz CT molecular complexity index is 1330. The molecule has 0 spiro atoms. The Hall–Kier alpha value is -1.26. The molecule has 0 heterocycles. The van der Waals surface area contributed by atoms with E-state index in [2.05, 4.69) is 127 Å². The molecule has 0 unspecified atom stereocenters. The predicted molar refractivity (Wildman–Crippen MR) is 216 cm³/mol.